The lowest BCUT2D eigenvalue weighted by Crippen LogP contribution is -2.34. The fraction of sp³-hybridized carbons (Fsp3) is 0.579. The van der Waals surface area contributed by atoms with Crippen molar-refractivity contribution in [2.75, 3.05) is 13.1 Å². The second kappa shape index (κ2) is 7.36. The van der Waals surface area contributed by atoms with Crippen LogP contribution < -0.4 is 11.1 Å². The third kappa shape index (κ3) is 3.73. The first-order valence-electron chi connectivity index (χ1n) is 9.79. The first kappa shape index (κ1) is 19.2. The number of oxazole rings is 1. The number of sulfonamides is 1. The van der Waals surface area contributed by atoms with Gasteiger partial charge in [-0.3, -0.25) is 9.36 Å². The van der Waals surface area contributed by atoms with Crippen LogP contribution in [0, 0.1) is 5.92 Å². The highest BCUT2D eigenvalue weighted by molar-refractivity contribution is 7.89. The molecule has 1 aliphatic heterocycles. The maximum atomic E-state index is 12.7. The van der Waals surface area contributed by atoms with Crippen molar-refractivity contribution < 1.29 is 17.6 Å². The summed E-state index contributed by atoms with van der Waals surface area (Å²) in [6.45, 7) is 3.21. The highest BCUT2D eigenvalue weighted by Gasteiger charge is 2.29. The fourth-order valence-electron chi connectivity index (χ4n) is 3.75. The quantitative estimate of drug-likeness (QED) is 0.752. The molecule has 2 aliphatic rings. The van der Waals surface area contributed by atoms with Crippen molar-refractivity contribution in [2.45, 2.75) is 56.5 Å². The average molecular weight is 407 g/mol. The second-order valence-electron chi connectivity index (χ2n) is 7.70. The van der Waals surface area contributed by atoms with Crippen molar-refractivity contribution in [1.82, 2.24) is 14.2 Å². The number of nitrogens with zero attached hydrogens (tertiary/aromatic N) is 2. The molecule has 9 heteroatoms. The molecule has 2 aromatic rings. The number of nitrogens with one attached hydrogen (secondary N) is 1. The number of hydrogen-bond donors (Lipinski definition) is 1. The molecule has 1 unspecified atom stereocenters. The van der Waals surface area contributed by atoms with Crippen LogP contribution in [-0.2, 0) is 21.4 Å². The van der Waals surface area contributed by atoms with Crippen LogP contribution >= 0.6 is 0 Å². The van der Waals surface area contributed by atoms with Crippen molar-refractivity contribution in [3.05, 3.63) is 28.7 Å². The SMILES string of the molecule is CC(NC(=O)CCn1c(=O)oc2cc(S(=O)(=O)N3CCCC3)ccc21)C1CC1. The molecule has 1 saturated carbocycles. The minimum atomic E-state index is -3.58. The van der Waals surface area contributed by atoms with E-state index in [0.717, 1.165) is 25.7 Å². The van der Waals surface area contributed by atoms with Crippen LogP contribution in [0.3, 0.4) is 0 Å². The highest BCUT2D eigenvalue weighted by atomic mass is 32.2. The van der Waals surface area contributed by atoms with E-state index >= 15 is 0 Å². The van der Waals surface area contributed by atoms with E-state index in [1.165, 1.54) is 21.0 Å². The first-order valence-corrected chi connectivity index (χ1v) is 11.2. The summed E-state index contributed by atoms with van der Waals surface area (Å²) in [4.78, 5) is 24.5. The van der Waals surface area contributed by atoms with E-state index in [-0.39, 0.29) is 35.4 Å². The summed E-state index contributed by atoms with van der Waals surface area (Å²) in [5, 5.41) is 2.96. The number of hydrogen-bond acceptors (Lipinski definition) is 5. The van der Waals surface area contributed by atoms with Gasteiger partial charge in [-0.25, -0.2) is 13.2 Å². The van der Waals surface area contributed by atoms with E-state index in [9.17, 15) is 18.0 Å². The molecule has 1 saturated heterocycles. The summed E-state index contributed by atoms with van der Waals surface area (Å²) >= 11 is 0. The van der Waals surface area contributed by atoms with Gasteiger partial charge in [-0.2, -0.15) is 4.31 Å². The topological polar surface area (TPSA) is 102 Å². The number of aryl methyl sites for hydroxylation is 1. The first-order chi connectivity index (χ1) is 13.4. The Hall–Kier alpha value is -2.13. The molecular weight excluding hydrogens is 382 g/mol. The molecule has 1 aromatic heterocycles. The molecule has 1 N–H and O–H groups in total. The maximum Gasteiger partial charge on any atom is 0.419 e. The zero-order valence-corrected chi connectivity index (χ0v) is 16.7. The van der Waals surface area contributed by atoms with Gasteiger partial charge in [0.2, 0.25) is 15.9 Å². The van der Waals surface area contributed by atoms with Crippen LogP contribution in [0.4, 0.5) is 0 Å². The monoisotopic (exact) mass is 407 g/mol. The number of carbonyl (C=O) groups excluding carboxylic acids is 1. The zero-order valence-electron chi connectivity index (χ0n) is 15.9. The van der Waals surface area contributed by atoms with Crippen molar-refractivity contribution in [2.24, 2.45) is 5.92 Å². The Balaban J connectivity index is 1.51. The van der Waals surface area contributed by atoms with Crippen molar-refractivity contribution in [3.63, 3.8) is 0 Å². The third-order valence-corrected chi connectivity index (χ3v) is 7.52. The largest absolute Gasteiger partial charge is 0.419 e. The lowest BCUT2D eigenvalue weighted by molar-refractivity contribution is -0.122. The molecular formula is C19H25N3O5S. The minimum Gasteiger partial charge on any atom is -0.408 e. The Morgan fingerprint density at radius 1 is 1.29 bits per heavy atom. The Morgan fingerprint density at radius 3 is 2.68 bits per heavy atom. The Bertz CT molecular complexity index is 1050. The molecule has 1 amide bonds. The molecule has 1 aliphatic carbocycles. The minimum absolute atomic E-state index is 0.103. The van der Waals surface area contributed by atoms with Crippen LogP contribution in [0.25, 0.3) is 11.1 Å². The standard InChI is InChI=1S/C19H25N3O5S/c1-13(14-4-5-14)20-18(23)8-11-22-16-7-6-15(12-17(16)27-19(22)24)28(25,26)21-9-2-3-10-21/h6-7,12-14H,2-5,8-11H2,1H3,(H,20,23). The molecule has 4 rings (SSSR count). The van der Waals surface area contributed by atoms with E-state index in [1.54, 1.807) is 6.07 Å². The smallest absolute Gasteiger partial charge is 0.408 e. The van der Waals surface area contributed by atoms with E-state index in [2.05, 4.69) is 5.32 Å². The molecule has 2 fully saturated rings. The number of benzene rings is 1. The van der Waals surface area contributed by atoms with Crippen LogP contribution in [0.2, 0.25) is 0 Å². The van der Waals surface area contributed by atoms with Gasteiger partial charge in [0.1, 0.15) is 0 Å². The van der Waals surface area contributed by atoms with Gasteiger partial charge >= 0.3 is 5.76 Å². The summed E-state index contributed by atoms with van der Waals surface area (Å²) in [6.07, 6.45) is 4.17. The predicted molar refractivity (Wildman–Crippen MR) is 103 cm³/mol. The van der Waals surface area contributed by atoms with Crippen LogP contribution in [-0.4, -0.2) is 42.3 Å². The third-order valence-electron chi connectivity index (χ3n) is 5.62. The zero-order chi connectivity index (χ0) is 19.9. The van der Waals surface area contributed by atoms with Gasteiger partial charge in [0.05, 0.1) is 10.4 Å². The lowest BCUT2D eigenvalue weighted by Gasteiger charge is -2.15. The molecule has 0 bridgehead atoms. The van der Waals surface area contributed by atoms with Gasteiger partial charge in [0, 0.05) is 38.2 Å². The maximum absolute atomic E-state index is 12.7. The number of rotatable bonds is 7. The average Bonchev–Trinajstić information content (AvgIpc) is 3.25. The second-order valence-corrected chi connectivity index (χ2v) is 9.64. The van der Waals surface area contributed by atoms with E-state index in [1.807, 2.05) is 6.92 Å². The van der Waals surface area contributed by atoms with Gasteiger partial charge in [0.25, 0.3) is 0 Å². The molecule has 8 nitrogen and oxygen atoms in total. The predicted octanol–water partition coefficient (Wildman–Crippen LogP) is 1.68. The summed E-state index contributed by atoms with van der Waals surface area (Å²) < 4.78 is 33.5. The number of fused-ring (bicyclic) bond motifs is 1. The molecule has 1 aromatic carbocycles. The van der Waals surface area contributed by atoms with Crippen LogP contribution in [0.5, 0.6) is 0 Å². The molecule has 0 spiro atoms. The summed E-state index contributed by atoms with van der Waals surface area (Å²) in [5.74, 6) is -0.125. The molecule has 152 valence electrons. The van der Waals surface area contributed by atoms with E-state index < -0.39 is 15.8 Å². The van der Waals surface area contributed by atoms with Gasteiger partial charge in [0.15, 0.2) is 5.58 Å². The van der Waals surface area contributed by atoms with E-state index in [0.29, 0.717) is 24.5 Å². The Kier molecular flexibility index (Phi) is 5.05. The lowest BCUT2D eigenvalue weighted by atomic mass is 10.2. The normalized spacial score (nSPS) is 19.2. The highest BCUT2D eigenvalue weighted by Crippen LogP contribution is 2.32. The van der Waals surface area contributed by atoms with Gasteiger partial charge in [-0.05, 0) is 50.7 Å². The molecule has 2 heterocycles. The van der Waals surface area contributed by atoms with Crippen molar-refractivity contribution >= 4 is 27.0 Å². The molecule has 0 radical (unpaired) electrons. The Morgan fingerprint density at radius 2 is 2.00 bits per heavy atom. The van der Waals surface area contributed by atoms with Crippen molar-refractivity contribution in [3.8, 4) is 0 Å². The fourth-order valence-corrected chi connectivity index (χ4v) is 5.28. The Labute approximate surface area is 163 Å². The summed E-state index contributed by atoms with van der Waals surface area (Å²) in [5.41, 5.74) is 0.713. The van der Waals surface area contributed by atoms with Gasteiger partial charge in [-0.1, -0.05) is 0 Å². The number of carbonyl (C=O) groups is 1. The molecule has 28 heavy (non-hydrogen) atoms. The summed E-state index contributed by atoms with van der Waals surface area (Å²) in [6, 6.07) is 4.63. The van der Waals surface area contributed by atoms with Gasteiger partial charge in [-0.15, -0.1) is 0 Å². The van der Waals surface area contributed by atoms with Gasteiger partial charge < -0.3 is 9.73 Å². The number of aromatic nitrogens is 1. The molecule has 1 atom stereocenters. The number of amides is 1. The summed E-state index contributed by atoms with van der Waals surface area (Å²) in [7, 11) is -3.58. The van der Waals surface area contributed by atoms with Crippen molar-refractivity contribution in [1.29, 1.82) is 0 Å². The van der Waals surface area contributed by atoms with Crippen LogP contribution in [0.15, 0.2) is 32.3 Å². The van der Waals surface area contributed by atoms with Crippen LogP contribution in [0.1, 0.15) is 39.0 Å². The van der Waals surface area contributed by atoms with E-state index in [4.69, 9.17) is 4.42 Å².